The summed E-state index contributed by atoms with van der Waals surface area (Å²) >= 11 is 5.25. The van der Waals surface area contributed by atoms with E-state index in [1.54, 1.807) is 13.3 Å². The molecule has 2 N–H and O–H groups in total. The summed E-state index contributed by atoms with van der Waals surface area (Å²) in [7, 11) is 1.62. The van der Waals surface area contributed by atoms with Crippen molar-refractivity contribution in [2.75, 3.05) is 7.11 Å². The maximum absolute atomic E-state index is 5.91. The highest BCUT2D eigenvalue weighted by molar-refractivity contribution is 7.80. The lowest BCUT2D eigenvalue weighted by Crippen LogP contribution is -2.31. The lowest BCUT2D eigenvalue weighted by molar-refractivity contribution is 0.284. The molecule has 0 radical (unpaired) electrons. The number of rotatable bonds is 8. The first kappa shape index (κ1) is 21.3. The van der Waals surface area contributed by atoms with Gasteiger partial charge in [0.2, 0.25) is 0 Å². The number of hydrazone groups is 1. The molecular weight excluding hydrogens is 394 g/mol. The molecular formula is C24H25N3O2S. The Labute approximate surface area is 182 Å². The van der Waals surface area contributed by atoms with Crippen LogP contribution in [0.1, 0.15) is 22.3 Å². The minimum absolute atomic E-state index is 0.458. The molecule has 0 saturated heterocycles. The van der Waals surface area contributed by atoms with Crippen molar-refractivity contribution in [3.8, 4) is 11.5 Å². The molecule has 3 aromatic carbocycles. The van der Waals surface area contributed by atoms with Crippen LogP contribution in [0.2, 0.25) is 0 Å². The van der Waals surface area contributed by atoms with Gasteiger partial charge in [0.1, 0.15) is 6.61 Å². The van der Waals surface area contributed by atoms with Crippen molar-refractivity contribution in [1.29, 1.82) is 0 Å². The molecule has 30 heavy (non-hydrogen) atoms. The first-order valence-corrected chi connectivity index (χ1v) is 10.0. The summed E-state index contributed by atoms with van der Waals surface area (Å²) in [5, 5.41) is 7.76. The van der Waals surface area contributed by atoms with Gasteiger partial charge in [-0.1, -0.05) is 60.2 Å². The Hall–Kier alpha value is -3.38. The normalized spacial score (nSPS) is 10.6. The van der Waals surface area contributed by atoms with E-state index >= 15 is 0 Å². The van der Waals surface area contributed by atoms with Gasteiger partial charge in [0.25, 0.3) is 0 Å². The number of nitrogens with one attached hydrogen (secondary N) is 2. The van der Waals surface area contributed by atoms with Crippen molar-refractivity contribution in [1.82, 2.24) is 10.7 Å². The van der Waals surface area contributed by atoms with Crippen LogP contribution in [0.15, 0.2) is 77.9 Å². The first-order chi connectivity index (χ1) is 14.6. The largest absolute Gasteiger partial charge is 0.493 e. The predicted octanol–water partition coefficient (Wildman–Crippen LogP) is 4.58. The highest BCUT2D eigenvalue weighted by Gasteiger charge is 2.06. The van der Waals surface area contributed by atoms with E-state index in [1.165, 1.54) is 5.56 Å². The standard InChI is InChI=1S/C24H25N3O2S/c1-18-8-10-20(11-9-18)17-29-22-13-12-21(14-23(22)28-2)16-26-27-24(30)25-15-19-6-4-3-5-7-19/h3-14,16H,15,17H2,1-2H3,(H2,25,27,30)/b26-16+. The Bertz CT molecular complexity index is 989. The molecule has 0 fully saturated rings. The van der Waals surface area contributed by atoms with E-state index < -0.39 is 0 Å². The predicted molar refractivity (Wildman–Crippen MR) is 125 cm³/mol. The molecule has 0 aliphatic heterocycles. The van der Waals surface area contributed by atoms with Crippen LogP contribution in [0.3, 0.4) is 0 Å². The maximum Gasteiger partial charge on any atom is 0.187 e. The van der Waals surface area contributed by atoms with Gasteiger partial charge in [-0.2, -0.15) is 5.10 Å². The van der Waals surface area contributed by atoms with Crippen LogP contribution in [-0.4, -0.2) is 18.4 Å². The summed E-state index contributed by atoms with van der Waals surface area (Å²) in [6, 6.07) is 24.0. The van der Waals surface area contributed by atoms with Crippen LogP contribution in [0.5, 0.6) is 11.5 Å². The Morgan fingerprint density at radius 2 is 1.73 bits per heavy atom. The van der Waals surface area contributed by atoms with Gasteiger partial charge in [-0.25, -0.2) is 0 Å². The van der Waals surface area contributed by atoms with Gasteiger partial charge in [0.05, 0.1) is 13.3 Å². The van der Waals surface area contributed by atoms with Crippen LogP contribution in [0.4, 0.5) is 0 Å². The third kappa shape index (κ3) is 6.60. The fourth-order valence-corrected chi connectivity index (χ4v) is 2.84. The number of methoxy groups -OCH3 is 1. The number of aryl methyl sites for hydroxylation is 1. The van der Waals surface area contributed by atoms with Gasteiger partial charge in [-0.05, 0) is 54.0 Å². The Morgan fingerprint density at radius 1 is 0.967 bits per heavy atom. The summed E-state index contributed by atoms with van der Waals surface area (Å²) in [4.78, 5) is 0. The molecule has 0 bridgehead atoms. The monoisotopic (exact) mass is 419 g/mol. The summed E-state index contributed by atoms with van der Waals surface area (Å²) in [5.41, 5.74) is 7.17. The quantitative estimate of drug-likeness (QED) is 0.318. The summed E-state index contributed by atoms with van der Waals surface area (Å²) in [6.45, 7) is 3.19. The zero-order valence-electron chi connectivity index (χ0n) is 17.1. The van der Waals surface area contributed by atoms with Gasteiger partial charge in [-0.15, -0.1) is 0 Å². The van der Waals surface area contributed by atoms with Crippen LogP contribution >= 0.6 is 12.2 Å². The van der Waals surface area contributed by atoms with Crippen molar-refractivity contribution in [3.05, 3.63) is 95.1 Å². The fraction of sp³-hybridized carbons (Fsp3) is 0.167. The second kappa shape index (κ2) is 11.0. The third-order valence-corrected chi connectivity index (χ3v) is 4.61. The topological polar surface area (TPSA) is 54.9 Å². The van der Waals surface area contributed by atoms with Gasteiger partial charge in [-0.3, -0.25) is 5.43 Å². The summed E-state index contributed by atoms with van der Waals surface area (Å²) < 4.78 is 11.4. The van der Waals surface area contributed by atoms with Crippen molar-refractivity contribution in [2.24, 2.45) is 5.10 Å². The average Bonchev–Trinajstić information content (AvgIpc) is 2.78. The molecule has 3 aromatic rings. The molecule has 154 valence electrons. The molecule has 0 saturated carbocycles. The number of hydrogen-bond donors (Lipinski definition) is 2. The van der Waals surface area contributed by atoms with Crippen molar-refractivity contribution >= 4 is 23.5 Å². The van der Waals surface area contributed by atoms with E-state index in [2.05, 4.69) is 47.0 Å². The molecule has 0 heterocycles. The average molecular weight is 420 g/mol. The highest BCUT2D eigenvalue weighted by atomic mass is 32.1. The lowest BCUT2D eigenvalue weighted by atomic mass is 10.2. The first-order valence-electron chi connectivity index (χ1n) is 9.61. The number of nitrogens with zero attached hydrogens (tertiary/aromatic N) is 1. The fourth-order valence-electron chi connectivity index (χ4n) is 2.71. The number of hydrogen-bond acceptors (Lipinski definition) is 4. The second-order valence-corrected chi connectivity index (χ2v) is 7.13. The zero-order valence-corrected chi connectivity index (χ0v) is 17.9. The minimum Gasteiger partial charge on any atom is -0.493 e. The number of benzene rings is 3. The maximum atomic E-state index is 5.91. The van der Waals surface area contributed by atoms with E-state index in [1.807, 2.05) is 48.5 Å². The molecule has 3 rings (SSSR count). The van der Waals surface area contributed by atoms with Crippen molar-refractivity contribution < 1.29 is 9.47 Å². The number of ether oxygens (including phenoxy) is 2. The van der Waals surface area contributed by atoms with E-state index in [9.17, 15) is 0 Å². The van der Waals surface area contributed by atoms with Crippen LogP contribution in [-0.2, 0) is 13.2 Å². The van der Waals surface area contributed by atoms with Crippen molar-refractivity contribution in [3.63, 3.8) is 0 Å². The molecule has 0 atom stereocenters. The second-order valence-electron chi connectivity index (χ2n) is 6.72. The molecule has 0 aromatic heterocycles. The van der Waals surface area contributed by atoms with Gasteiger partial charge < -0.3 is 14.8 Å². The Balaban J connectivity index is 1.52. The molecule has 5 nitrogen and oxygen atoms in total. The van der Waals surface area contributed by atoms with E-state index in [-0.39, 0.29) is 0 Å². The molecule has 0 unspecified atom stereocenters. The van der Waals surface area contributed by atoms with Gasteiger partial charge >= 0.3 is 0 Å². The summed E-state index contributed by atoms with van der Waals surface area (Å²) in [6.07, 6.45) is 1.68. The van der Waals surface area contributed by atoms with Crippen LogP contribution in [0.25, 0.3) is 0 Å². The van der Waals surface area contributed by atoms with Crippen molar-refractivity contribution in [2.45, 2.75) is 20.1 Å². The van der Waals surface area contributed by atoms with Crippen LogP contribution in [0, 0.1) is 6.92 Å². The highest BCUT2D eigenvalue weighted by Crippen LogP contribution is 2.28. The van der Waals surface area contributed by atoms with E-state index in [0.717, 1.165) is 16.7 Å². The van der Waals surface area contributed by atoms with Crippen LogP contribution < -0.4 is 20.2 Å². The van der Waals surface area contributed by atoms with E-state index in [4.69, 9.17) is 21.7 Å². The third-order valence-electron chi connectivity index (χ3n) is 4.38. The molecule has 0 spiro atoms. The molecule has 0 aliphatic carbocycles. The lowest BCUT2D eigenvalue weighted by Gasteiger charge is -2.11. The minimum atomic E-state index is 0.458. The molecule has 0 aliphatic rings. The molecule has 0 amide bonds. The SMILES string of the molecule is COc1cc(/C=N/NC(=S)NCc2ccccc2)ccc1OCc1ccc(C)cc1. The Morgan fingerprint density at radius 3 is 2.47 bits per heavy atom. The summed E-state index contributed by atoms with van der Waals surface area (Å²) in [5.74, 6) is 1.33. The Kier molecular flexibility index (Phi) is 7.80. The van der Waals surface area contributed by atoms with E-state index in [0.29, 0.717) is 29.8 Å². The zero-order chi connectivity index (χ0) is 21.2. The van der Waals surface area contributed by atoms with Gasteiger partial charge in [0, 0.05) is 6.54 Å². The molecule has 6 heteroatoms. The smallest absolute Gasteiger partial charge is 0.187 e. The number of thiocarbonyl (C=S) groups is 1. The van der Waals surface area contributed by atoms with Gasteiger partial charge in [0.15, 0.2) is 16.6 Å².